The summed E-state index contributed by atoms with van der Waals surface area (Å²) in [4.78, 5) is 15.0. The molecule has 0 bridgehead atoms. The van der Waals surface area contributed by atoms with Gasteiger partial charge in [0.25, 0.3) is 0 Å². The molecule has 4 nitrogen and oxygen atoms in total. The van der Waals surface area contributed by atoms with Crippen molar-refractivity contribution in [2.75, 3.05) is 0 Å². The molecule has 1 aromatic rings. The largest absolute Gasteiger partial charge is 0.489 e. The van der Waals surface area contributed by atoms with E-state index in [1.54, 1.807) is 6.20 Å². The molecule has 2 rings (SSSR count). The van der Waals surface area contributed by atoms with E-state index in [1.165, 1.54) is 0 Å². The second kappa shape index (κ2) is 5.17. The Hall–Kier alpha value is -1.58. The fourth-order valence-corrected chi connectivity index (χ4v) is 2.14. The van der Waals surface area contributed by atoms with Crippen molar-refractivity contribution in [3.05, 3.63) is 24.0 Å². The number of hydrogen-bond acceptors (Lipinski definition) is 3. The van der Waals surface area contributed by atoms with E-state index in [1.807, 2.05) is 19.1 Å². The van der Waals surface area contributed by atoms with Crippen molar-refractivity contribution in [3.63, 3.8) is 0 Å². The lowest BCUT2D eigenvalue weighted by Crippen LogP contribution is -2.27. The zero-order valence-electron chi connectivity index (χ0n) is 9.93. The van der Waals surface area contributed by atoms with Gasteiger partial charge in [0.05, 0.1) is 18.2 Å². The van der Waals surface area contributed by atoms with Crippen LogP contribution < -0.4 is 4.74 Å². The fourth-order valence-electron chi connectivity index (χ4n) is 2.14. The summed E-state index contributed by atoms with van der Waals surface area (Å²) >= 11 is 0. The molecule has 0 aliphatic heterocycles. The Morgan fingerprint density at radius 2 is 2.06 bits per heavy atom. The van der Waals surface area contributed by atoms with Gasteiger partial charge in [-0.1, -0.05) is 0 Å². The third-order valence-electron chi connectivity index (χ3n) is 3.21. The monoisotopic (exact) mass is 235 g/mol. The normalized spacial score (nSPS) is 24.3. The molecule has 0 saturated heterocycles. The van der Waals surface area contributed by atoms with Gasteiger partial charge in [-0.25, -0.2) is 0 Å². The van der Waals surface area contributed by atoms with Crippen molar-refractivity contribution in [2.24, 2.45) is 5.92 Å². The van der Waals surface area contributed by atoms with E-state index in [0.717, 1.165) is 24.3 Å². The van der Waals surface area contributed by atoms with Crippen LogP contribution in [-0.4, -0.2) is 22.2 Å². The predicted molar refractivity (Wildman–Crippen MR) is 63.0 cm³/mol. The van der Waals surface area contributed by atoms with Crippen LogP contribution in [-0.2, 0) is 4.79 Å². The molecule has 0 amide bonds. The van der Waals surface area contributed by atoms with Gasteiger partial charge in [-0.2, -0.15) is 0 Å². The molecule has 4 heteroatoms. The van der Waals surface area contributed by atoms with Crippen LogP contribution in [0.5, 0.6) is 5.75 Å². The molecule has 0 aromatic carbocycles. The molecule has 1 N–H and O–H groups in total. The van der Waals surface area contributed by atoms with Crippen LogP contribution in [0.1, 0.15) is 31.4 Å². The second-order valence-corrected chi connectivity index (χ2v) is 4.57. The Labute approximate surface area is 101 Å². The number of aryl methyl sites for hydroxylation is 1. The first-order valence-electron chi connectivity index (χ1n) is 5.97. The summed E-state index contributed by atoms with van der Waals surface area (Å²) in [5, 5.41) is 8.89. The Kier molecular flexibility index (Phi) is 3.61. The Bertz CT molecular complexity index is 380. The van der Waals surface area contributed by atoms with E-state index in [2.05, 4.69) is 4.98 Å². The minimum absolute atomic E-state index is 0.134. The average molecular weight is 235 g/mol. The van der Waals surface area contributed by atoms with Crippen molar-refractivity contribution in [1.29, 1.82) is 0 Å². The van der Waals surface area contributed by atoms with Gasteiger partial charge in [0, 0.05) is 5.69 Å². The molecule has 1 aliphatic carbocycles. The van der Waals surface area contributed by atoms with E-state index in [4.69, 9.17) is 9.84 Å². The summed E-state index contributed by atoms with van der Waals surface area (Å²) in [5.41, 5.74) is 0.965. The lowest BCUT2D eigenvalue weighted by atomic mass is 9.87. The number of carbonyl (C=O) groups is 1. The Morgan fingerprint density at radius 3 is 2.59 bits per heavy atom. The van der Waals surface area contributed by atoms with Gasteiger partial charge in [-0.15, -0.1) is 0 Å². The van der Waals surface area contributed by atoms with Crippen LogP contribution >= 0.6 is 0 Å². The highest BCUT2D eigenvalue weighted by Gasteiger charge is 2.26. The highest BCUT2D eigenvalue weighted by molar-refractivity contribution is 5.70. The van der Waals surface area contributed by atoms with Crippen molar-refractivity contribution in [1.82, 2.24) is 4.98 Å². The van der Waals surface area contributed by atoms with Crippen LogP contribution in [0.3, 0.4) is 0 Å². The molecule has 1 heterocycles. The topological polar surface area (TPSA) is 59.4 Å². The van der Waals surface area contributed by atoms with E-state index in [-0.39, 0.29) is 12.0 Å². The van der Waals surface area contributed by atoms with Crippen LogP contribution in [0.4, 0.5) is 0 Å². The minimum atomic E-state index is -0.680. The number of hydrogen-bond donors (Lipinski definition) is 1. The summed E-state index contributed by atoms with van der Waals surface area (Å²) in [6, 6.07) is 3.82. The number of ether oxygens (including phenoxy) is 1. The first-order valence-corrected chi connectivity index (χ1v) is 5.97. The zero-order valence-corrected chi connectivity index (χ0v) is 9.93. The maximum atomic E-state index is 10.8. The first-order chi connectivity index (χ1) is 8.15. The van der Waals surface area contributed by atoms with Crippen LogP contribution in [0.15, 0.2) is 18.3 Å². The first kappa shape index (κ1) is 11.9. The summed E-state index contributed by atoms with van der Waals surface area (Å²) in [6.45, 7) is 1.93. The quantitative estimate of drug-likeness (QED) is 0.874. The predicted octanol–water partition coefficient (Wildman–Crippen LogP) is 2.41. The van der Waals surface area contributed by atoms with E-state index in [9.17, 15) is 4.79 Å². The van der Waals surface area contributed by atoms with Gasteiger partial charge in [0.1, 0.15) is 5.75 Å². The van der Waals surface area contributed by atoms with E-state index in [0.29, 0.717) is 12.8 Å². The van der Waals surface area contributed by atoms with Crippen molar-refractivity contribution in [3.8, 4) is 5.75 Å². The summed E-state index contributed by atoms with van der Waals surface area (Å²) in [5.74, 6) is -0.0965. The molecule has 1 aromatic heterocycles. The van der Waals surface area contributed by atoms with Crippen molar-refractivity contribution >= 4 is 5.97 Å². The van der Waals surface area contributed by atoms with Gasteiger partial charge < -0.3 is 9.84 Å². The molecule has 0 spiro atoms. The van der Waals surface area contributed by atoms with E-state index >= 15 is 0 Å². The van der Waals surface area contributed by atoms with Gasteiger partial charge in [-0.05, 0) is 44.7 Å². The lowest BCUT2D eigenvalue weighted by molar-refractivity contribution is -0.143. The average Bonchev–Trinajstić information content (AvgIpc) is 2.33. The van der Waals surface area contributed by atoms with Gasteiger partial charge in [0.15, 0.2) is 0 Å². The third kappa shape index (κ3) is 3.19. The van der Waals surface area contributed by atoms with Crippen molar-refractivity contribution in [2.45, 2.75) is 38.7 Å². The SMILES string of the molecule is Cc1ccc(OC2CCC(C(=O)O)CC2)cn1. The molecule has 1 fully saturated rings. The fraction of sp³-hybridized carbons (Fsp3) is 0.538. The maximum absolute atomic E-state index is 10.8. The number of aromatic nitrogens is 1. The number of aliphatic carboxylic acids is 1. The van der Waals surface area contributed by atoms with Crippen LogP contribution in [0.2, 0.25) is 0 Å². The molecule has 1 saturated carbocycles. The molecule has 92 valence electrons. The Balaban J connectivity index is 1.85. The molecular weight excluding hydrogens is 218 g/mol. The number of carboxylic acids is 1. The summed E-state index contributed by atoms with van der Waals surface area (Å²) < 4.78 is 5.78. The maximum Gasteiger partial charge on any atom is 0.306 e. The molecule has 17 heavy (non-hydrogen) atoms. The number of carboxylic acid groups (broad SMARTS) is 1. The second-order valence-electron chi connectivity index (χ2n) is 4.57. The minimum Gasteiger partial charge on any atom is -0.489 e. The third-order valence-corrected chi connectivity index (χ3v) is 3.21. The summed E-state index contributed by atoms with van der Waals surface area (Å²) in [7, 11) is 0. The zero-order chi connectivity index (χ0) is 12.3. The van der Waals surface area contributed by atoms with Crippen LogP contribution in [0, 0.1) is 12.8 Å². The van der Waals surface area contributed by atoms with Gasteiger partial charge in [0.2, 0.25) is 0 Å². The molecular formula is C13H17NO3. The van der Waals surface area contributed by atoms with E-state index < -0.39 is 5.97 Å². The van der Waals surface area contributed by atoms with Crippen molar-refractivity contribution < 1.29 is 14.6 Å². The smallest absolute Gasteiger partial charge is 0.306 e. The number of pyridine rings is 1. The Morgan fingerprint density at radius 1 is 1.35 bits per heavy atom. The number of nitrogens with zero attached hydrogens (tertiary/aromatic N) is 1. The molecule has 0 unspecified atom stereocenters. The highest BCUT2D eigenvalue weighted by Crippen LogP contribution is 2.27. The molecule has 0 radical (unpaired) electrons. The highest BCUT2D eigenvalue weighted by atomic mass is 16.5. The number of rotatable bonds is 3. The van der Waals surface area contributed by atoms with Crippen LogP contribution in [0.25, 0.3) is 0 Å². The lowest BCUT2D eigenvalue weighted by Gasteiger charge is -2.26. The van der Waals surface area contributed by atoms with Gasteiger partial charge in [-0.3, -0.25) is 9.78 Å². The standard InChI is InChI=1S/C13H17NO3/c1-9-2-5-12(8-14-9)17-11-6-3-10(4-7-11)13(15)16/h2,5,8,10-11H,3-4,6-7H2,1H3,(H,15,16). The molecule has 1 aliphatic rings. The van der Waals surface area contributed by atoms with Gasteiger partial charge >= 0.3 is 5.97 Å². The summed E-state index contributed by atoms with van der Waals surface area (Å²) in [6.07, 6.45) is 4.89. The molecule has 0 atom stereocenters.